The number of nitro groups is 1. The van der Waals surface area contributed by atoms with Gasteiger partial charge in [0.05, 0.1) is 15.0 Å². The van der Waals surface area contributed by atoms with Gasteiger partial charge < -0.3 is 0 Å². The molecule has 1 aromatic carbocycles. The molecule has 0 spiro atoms. The predicted octanol–water partition coefficient (Wildman–Crippen LogP) is 4.59. The monoisotopic (exact) mass is 314 g/mol. The van der Waals surface area contributed by atoms with Gasteiger partial charge in [0.15, 0.2) is 0 Å². The Labute approximate surface area is 123 Å². The van der Waals surface area contributed by atoms with E-state index in [2.05, 4.69) is 4.98 Å². The van der Waals surface area contributed by atoms with E-state index >= 15 is 0 Å². The van der Waals surface area contributed by atoms with Crippen LogP contribution in [0.4, 0.5) is 5.69 Å². The highest BCUT2D eigenvalue weighted by Crippen LogP contribution is 2.28. The molecule has 7 heteroatoms. The zero-order chi connectivity index (χ0) is 13.8. The van der Waals surface area contributed by atoms with Crippen molar-refractivity contribution in [3.8, 4) is 0 Å². The average Bonchev–Trinajstić information content (AvgIpc) is 2.39. The standard InChI is InChI=1S/C12H8Cl2N2O2S/c13-9-2-4-12(15-6-9)19-7-8-1-3-10(14)11(5-8)16(17)18/h1-6H,7H2. The minimum Gasteiger partial charge on any atom is -0.258 e. The summed E-state index contributed by atoms with van der Waals surface area (Å²) < 4.78 is 0. The molecule has 2 aromatic rings. The lowest BCUT2D eigenvalue weighted by molar-refractivity contribution is -0.384. The van der Waals surface area contributed by atoms with Crippen molar-refractivity contribution in [2.75, 3.05) is 0 Å². The van der Waals surface area contributed by atoms with Crippen LogP contribution in [-0.2, 0) is 5.75 Å². The maximum atomic E-state index is 10.8. The lowest BCUT2D eigenvalue weighted by atomic mass is 10.2. The van der Waals surface area contributed by atoms with E-state index < -0.39 is 4.92 Å². The molecule has 0 aliphatic rings. The van der Waals surface area contributed by atoms with Crippen LogP contribution in [0.2, 0.25) is 10.0 Å². The molecule has 1 heterocycles. The van der Waals surface area contributed by atoms with Crippen molar-refractivity contribution in [1.82, 2.24) is 4.98 Å². The number of hydrogen-bond acceptors (Lipinski definition) is 4. The first-order valence-corrected chi connectivity index (χ1v) is 6.97. The molecule has 0 bridgehead atoms. The number of nitrogens with zero attached hydrogens (tertiary/aromatic N) is 2. The summed E-state index contributed by atoms with van der Waals surface area (Å²) in [6, 6.07) is 8.33. The van der Waals surface area contributed by atoms with Gasteiger partial charge in [-0.05, 0) is 23.8 Å². The SMILES string of the molecule is O=[N+]([O-])c1cc(CSc2ccc(Cl)cn2)ccc1Cl. The zero-order valence-electron chi connectivity index (χ0n) is 9.55. The molecule has 0 atom stereocenters. The van der Waals surface area contributed by atoms with Crippen molar-refractivity contribution in [3.05, 3.63) is 62.3 Å². The fourth-order valence-electron chi connectivity index (χ4n) is 1.39. The number of pyridine rings is 1. The first-order valence-electron chi connectivity index (χ1n) is 5.23. The predicted molar refractivity (Wildman–Crippen MR) is 76.9 cm³/mol. The van der Waals surface area contributed by atoms with Crippen LogP contribution in [0.15, 0.2) is 41.6 Å². The fraction of sp³-hybridized carbons (Fsp3) is 0.0833. The zero-order valence-corrected chi connectivity index (χ0v) is 11.9. The molecule has 0 radical (unpaired) electrons. The van der Waals surface area contributed by atoms with Gasteiger partial charge in [0, 0.05) is 18.0 Å². The summed E-state index contributed by atoms with van der Waals surface area (Å²) in [7, 11) is 0. The third-order valence-electron chi connectivity index (χ3n) is 2.29. The fourth-order valence-corrected chi connectivity index (χ4v) is 2.48. The summed E-state index contributed by atoms with van der Waals surface area (Å²) >= 11 is 13.0. The Morgan fingerprint density at radius 3 is 2.68 bits per heavy atom. The number of thioether (sulfide) groups is 1. The number of nitro benzene ring substituents is 1. The number of hydrogen-bond donors (Lipinski definition) is 0. The molecule has 0 amide bonds. The van der Waals surface area contributed by atoms with Gasteiger partial charge in [-0.2, -0.15) is 0 Å². The van der Waals surface area contributed by atoms with Gasteiger partial charge in [0.1, 0.15) is 5.02 Å². The molecule has 0 aliphatic carbocycles. The molecule has 1 aromatic heterocycles. The van der Waals surface area contributed by atoms with Crippen molar-refractivity contribution in [2.24, 2.45) is 0 Å². The van der Waals surface area contributed by atoms with E-state index in [4.69, 9.17) is 23.2 Å². The van der Waals surface area contributed by atoms with Crippen LogP contribution in [0.3, 0.4) is 0 Å². The Kier molecular flexibility index (Phi) is 4.63. The Bertz CT molecular complexity index is 605. The maximum Gasteiger partial charge on any atom is 0.288 e. The van der Waals surface area contributed by atoms with E-state index in [1.807, 2.05) is 0 Å². The van der Waals surface area contributed by atoms with Crippen LogP contribution in [0, 0.1) is 10.1 Å². The molecule has 2 rings (SSSR count). The molecule has 0 saturated heterocycles. The smallest absolute Gasteiger partial charge is 0.258 e. The van der Waals surface area contributed by atoms with Crippen LogP contribution >= 0.6 is 35.0 Å². The molecule has 0 saturated carbocycles. The number of halogens is 2. The van der Waals surface area contributed by atoms with E-state index in [-0.39, 0.29) is 10.7 Å². The minimum atomic E-state index is -0.489. The highest BCUT2D eigenvalue weighted by atomic mass is 35.5. The summed E-state index contributed by atoms with van der Waals surface area (Å²) in [5.74, 6) is 0.576. The van der Waals surface area contributed by atoms with Crippen LogP contribution in [-0.4, -0.2) is 9.91 Å². The highest BCUT2D eigenvalue weighted by molar-refractivity contribution is 7.98. The molecule has 98 valence electrons. The van der Waals surface area contributed by atoms with Gasteiger partial charge in [-0.25, -0.2) is 4.98 Å². The van der Waals surface area contributed by atoms with E-state index in [0.717, 1.165) is 10.6 Å². The van der Waals surface area contributed by atoms with Crippen LogP contribution in [0.25, 0.3) is 0 Å². The second-order valence-corrected chi connectivity index (χ2v) is 5.49. The van der Waals surface area contributed by atoms with Gasteiger partial charge in [-0.3, -0.25) is 10.1 Å². The first-order chi connectivity index (χ1) is 9.06. The van der Waals surface area contributed by atoms with E-state index in [0.29, 0.717) is 10.8 Å². The minimum absolute atomic E-state index is 0.0798. The lowest BCUT2D eigenvalue weighted by Gasteiger charge is -2.02. The maximum absolute atomic E-state index is 10.8. The average molecular weight is 315 g/mol. The molecule has 19 heavy (non-hydrogen) atoms. The van der Waals surface area contributed by atoms with Crippen molar-refractivity contribution in [1.29, 1.82) is 0 Å². The topological polar surface area (TPSA) is 56.0 Å². The van der Waals surface area contributed by atoms with Gasteiger partial charge in [-0.15, -0.1) is 11.8 Å². The first kappa shape index (κ1) is 14.1. The Hall–Kier alpha value is -1.30. The van der Waals surface area contributed by atoms with Crippen LogP contribution < -0.4 is 0 Å². The third-order valence-corrected chi connectivity index (χ3v) is 3.85. The largest absolute Gasteiger partial charge is 0.288 e. The molecule has 0 unspecified atom stereocenters. The Morgan fingerprint density at radius 1 is 1.26 bits per heavy atom. The Balaban J connectivity index is 2.09. The molecule has 0 aliphatic heterocycles. The molecule has 4 nitrogen and oxygen atoms in total. The second-order valence-electron chi connectivity index (χ2n) is 3.65. The second kappa shape index (κ2) is 6.23. The summed E-state index contributed by atoms with van der Waals surface area (Å²) in [5, 5.41) is 12.3. The van der Waals surface area contributed by atoms with Crippen molar-refractivity contribution in [3.63, 3.8) is 0 Å². The lowest BCUT2D eigenvalue weighted by Crippen LogP contribution is -1.91. The normalized spacial score (nSPS) is 10.4. The van der Waals surface area contributed by atoms with Crippen LogP contribution in [0.1, 0.15) is 5.56 Å². The summed E-state index contributed by atoms with van der Waals surface area (Å²) in [5.41, 5.74) is 0.738. The summed E-state index contributed by atoms with van der Waals surface area (Å²) in [6.07, 6.45) is 1.56. The third kappa shape index (κ3) is 3.83. The number of rotatable bonds is 4. The van der Waals surface area contributed by atoms with Crippen molar-refractivity contribution < 1.29 is 4.92 Å². The van der Waals surface area contributed by atoms with Crippen molar-refractivity contribution in [2.45, 2.75) is 10.8 Å². The quantitative estimate of drug-likeness (QED) is 0.470. The Morgan fingerprint density at radius 2 is 2.05 bits per heavy atom. The summed E-state index contributed by atoms with van der Waals surface area (Å²) in [6.45, 7) is 0. The van der Waals surface area contributed by atoms with Crippen molar-refractivity contribution >= 4 is 40.7 Å². The van der Waals surface area contributed by atoms with E-state index in [9.17, 15) is 10.1 Å². The number of aromatic nitrogens is 1. The summed E-state index contributed by atoms with van der Waals surface area (Å²) in [4.78, 5) is 14.4. The van der Waals surface area contributed by atoms with Gasteiger partial charge >= 0.3 is 0 Å². The molecular weight excluding hydrogens is 307 g/mol. The molecule has 0 fully saturated rings. The number of benzene rings is 1. The van der Waals surface area contributed by atoms with Crippen LogP contribution in [0.5, 0.6) is 0 Å². The van der Waals surface area contributed by atoms with E-state index in [1.54, 1.807) is 24.4 Å². The van der Waals surface area contributed by atoms with E-state index in [1.165, 1.54) is 23.9 Å². The molecular formula is C12H8Cl2N2O2S. The van der Waals surface area contributed by atoms with Gasteiger partial charge in [-0.1, -0.05) is 29.3 Å². The van der Waals surface area contributed by atoms with Gasteiger partial charge in [0.2, 0.25) is 0 Å². The highest BCUT2D eigenvalue weighted by Gasteiger charge is 2.12. The van der Waals surface area contributed by atoms with Gasteiger partial charge in [0.25, 0.3) is 5.69 Å². The molecule has 0 N–H and O–H groups in total.